The molecular formula is C12H20N2O2. The fourth-order valence-corrected chi connectivity index (χ4v) is 2.74. The van der Waals surface area contributed by atoms with Crippen LogP contribution in [0.3, 0.4) is 0 Å². The maximum absolute atomic E-state index is 11.3. The van der Waals surface area contributed by atoms with Crippen molar-refractivity contribution in [2.75, 3.05) is 19.7 Å². The molecule has 2 aliphatic rings. The summed E-state index contributed by atoms with van der Waals surface area (Å²) in [5.41, 5.74) is 5.90. The van der Waals surface area contributed by atoms with E-state index in [-0.39, 0.29) is 5.97 Å². The smallest absolute Gasteiger partial charge is 0.332 e. The average molecular weight is 224 g/mol. The van der Waals surface area contributed by atoms with Gasteiger partial charge in [0.15, 0.2) is 0 Å². The number of nitrogens with two attached hydrogens (primary N) is 1. The van der Waals surface area contributed by atoms with Gasteiger partial charge in [-0.25, -0.2) is 4.79 Å². The van der Waals surface area contributed by atoms with Gasteiger partial charge in [-0.3, -0.25) is 4.90 Å². The van der Waals surface area contributed by atoms with Crippen LogP contribution >= 0.6 is 0 Å². The van der Waals surface area contributed by atoms with Crippen LogP contribution in [0.4, 0.5) is 0 Å². The number of hydrogen-bond donors (Lipinski definition) is 1. The topological polar surface area (TPSA) is 55.6 Å². The van der Waals surface area contributed by atoms with E-state index in [0.717, 1.165) is 12.6 Å². The average Bonchev–Trinajstić information content (AvgIpc) is 2.72. The Bertz CT molecular complexity index is 285. The van der Waals surface area contributed by atoms with Gasteiger partial charge in [-0.2, -0.15) is 0 Å². The number of fused-ring (bicyclic) bond motifs is 1. The van der Waals surface area contributed by atoms with Crippen LogP contribution in [0, 0.1) is 5.92 Å². The molecule has 90 valence electrons. The first-order valence-corrected chi connectivity index (χ1v) is 5.99. The highest BCUT2D eigenvalue weighted by Crippen LogP contribution is 2.31. The van der Waals surface area contributed by atoms with Gasteiger partial charge in [0.05, 0.1) is 6.61 Å². The normalized spacial score (nSPS) is 30.4. The first-order valence-electron chi connectivity index (χ1n) is 5.99. The van der Waals surface area contributed by atoms with Gasteiger partial charge in [-0.05, 0) is 32.7 Å². The Kier molecular flexibility index (Phi) is 3.49. The number of ether oxygens (including phenoxy) is 1. The summed E-state index contributed by atoms with van der Waals surface area (Å²) in [6.07, 6.45) is 5.16. The summed E-state index contributed by atoms with van der Waals surface area (Å²) in [6, 6.07) is 0.746. The third kappa shape index (κ3) is 2.76. The zero-order valence-electron chi connectivity index (χ0n) is 9.82. The Morgan fingerprint density at radius 2 is 2.44 bits per heavy atom. The van der Waals surface area contributed by atoms with Crippen molar-refractivity contribution in [2.45, 2.75) is 32.2 Å². The maximum Gasteiger partial charge on any atom is 0.332 e. The van der Waals surface area contributed by atoms with Crippen molar-refractivity contribution in [2.24, 2.45) is 11.7 Å². The molecule has 0 aliphatic carbocycles. The van der Waals surface area contributed by atoms with E-state index < -0.39 is 0 Å². The van der Waals surface area contributed by atoms with E-state index in [9.17, 15) is 4.79 Å². The molecule has 16 heavy (non-hydrogen) atoms. The van der Waals surface area contributed by atoms with Gasteiger partial charge >= 0.3 is 5.97 Å². The highest BCUT2D eigenvalue weighted by molar-refractivity contribution is 5.82. The lowest BCUT2D eigenvalue weighted by molar-refractivity contribution is -0.139. The molecule has 0 amide bonds. The zero-order chi connectivity index (χ0) is 11.5. The molecule has 0 aromatic carbocycles. The van der Waals surface area contributed by atoms with Crippen molar-refractivity contribution in [3.63, 3.8) is 0 Å². The lowest BCUT2D eigenvalue weighted by Gasteiger charge is -2.13. The molecule has 2 N–H and O–H groups in total. The van der Waals surface area contributed by atoms with Crippen molar-refractivity contribution >= 4 is 5.97 Å². The summed E-state index contributed by atoms with van der Waals surface area (Å²) in [4.78, 5) is 13.8. The van der Waals surface area contributed by atoms with Crippen molar-refractivity contribution in [1.82, 2.24) is 4.90 Å². The molecule has 2 fully saturated rings. The predicted molar refractivity (Wildman–Crippen MR) is 61.6 cm³/mol. The molecule has 2 rings (SSSR count). The Labute approximate surface area is 96.4 Å². The van der Waals surface area contributed by atoms with Gasteiger partial charge in [0.1, 0.15) is 0 Å². The number of carbonyl (C=O) groups excluding carboxylic acids is 1. The monoisotopic (exact) mass is 224 g/mol. The van der Waals surface area contributed by atoms with Gasteiger partial charge in [0.2, 0.25) is 0 Å². The predicted octanol–water partition coefficient (Wildman–Crippen LogP) is 0.876. The van der Waals surface area contributed by atoms with E-state index in [1.54, 1.807) is 6.92 Å². The van der Waals surface area contributed by atoms with Crippen molar-refractivity contribution in [3.05, 3.63) is 11.8 Å². The van der Waals surface area contributed by atoms with Crippen LogP contribution in [0.5, 0.6) is 0 Å². The summed E-state index contributed by atoms with van der Waals surface area (Å²) in [5.74, 6) is 0.202. The van der Waals surface area contributed by atoms with E-state index in [2.05, 4.69) is 4.90 Å². The molecule has 0 radical (unpaired) electrons. The third-order valence-electron chi connectivity index (χ3n) is 3.40. The van der Waals surface area contributed by atoms with Crippen LogP contribution in [0.15, 0.2) is 11.8 Å². The first-order chi connectivity index (χ1) is 7.65. The summed E-state index contributed by atoms with van der Waals surface area (Å²) >= 11 is 0. The van der Waals surface area contributed by atoms with E-state index in [4.69, 9.17) is 10.5 Å². The Morgan fingerprint density at radius 1 is 1.62 bits per heavy atom. The SMILES string of the molecule is CC(N)=CC(=O)OCC1CC2CCCN2C1. The molecule has 2 saturated heterocycles. The highest BCUT2D eigenvalue weighted by Gasteiger charge is 2.35. The lowest BCUT2D eigenvalue weighted by Crippen LogP contribution is -2.23. The summed E-state index contributed by atoms with van der Waals surface area (Å²) in [6.45, 7) is 4.53. The van der Waals surface area contributed by atoms with Crippen LogP contribution < -0.4 is 5.73 Å². The number of carbonyl (C=O) groups is 1. The number of allylic oxidation sites excluding steroid dienone is 1. The molecule has 0 spiro atoms. The summed E-state index contributed by atoms with van der Waals surface area (Å²) in [7, 11) is 0. The third-order valence-corrected chi connectivity index (χ3v) is 3.40. The van der Waals surface area contributed by atoms with Crippen molar-refractivity contribution < 1.29 is 9.53 Å². The fraction of sp³-hybridized carbons (Fsp3) is 0.750. The van der Waals surface area contributed by atoms with Crippen molar-refractivity contribution in [1.29, 1.82) is 0 Å². The standard InChI is InChI=1S/C12H20N2O2/c1-9(13)5-12(15)16-8-10-6-11-3-2-4-14(11)7-10/h5,10-11H,2-4,6-8,13H2,1H3. The summed E-state index contributed by atoms with van der Waals surface area (Å²) in [5, 5.41) is 0. The van der Waals surface area contributed by atoms with E-state index >= 15 is 0 Å². The number of rotatable bonds is 3. The molecule has 0 saturated carbocycles. The Hall–Kier alpha value is -1.03. The second kappa shape index (κ2) is 4.87. The zero-order valence-corrected chi connectivity index (χ0v) is 9.82. The quantitative estimate of drug-likeness (QED) is 0.571. The minimum Gasteiger partial charge on any atom is -0.462 e. The molecule has 2 unspecified atom stereocenters. The molecule has 0 aromatic heterocycles. The highest BCUT2D eigenvalue weighted by atomic mass is 16.5. The molecule has 0 bridgehead atoms. The van der Waals surface area contributed by atoms with Crippen LogP contribution in [0.25, 0.3) is 0 Å². The minimum absolute atomic E-state index is 0.313. The molecule has 2 heterocycles. The maximum atomic E-state index is 11.3. The van der Waals surface area contributed by atoms with Gasteiger partial charge in [0, 0.05) is 30.3 Å². The second-order valence-corrected chi connectivity index (χ2v) is 4.91. The second-order valence-electron chi connectivity index (χ2n) is 4.91. The van der Waals surface area contributed by atoms with Crippen molar-refractivity contribution in [3.8, 4) is 0 Å². The molecule has 4 nitrogen and oxygen atoms in total. The molecule has 0 aromatic rings. The van der Waals surface area contributed by atoms with Crippen LogP contribution in [0.2, 0.25) is 0 Å². The first kappa shape index (κ1) is 11.5. The van der Waals surface area contributed by atoms with E-state index in [1.165, 1.54) is 31.9 Å². The van der Waals surface area contributed by atoms with Crippen LogP contribution in [-0.2, 0) is 9.53 Å². The lowest BCUT2D eigenvalue weighted by atomic mass is 10.0. The van der Waals surface area contributed by atoms with E-state index in [0.29, 0.717) is 18.2 Å². The molecule has 2 aliphatic heterocycles. The van der Waals surface area contributed by atoms with Gasteiger partial charge in [-0.15, -0.1) is 0 Å². The van der Waals surface area contributed by atoms with E-state index in [1.807, 2.05) is 0 Å². The molecule has 2 atom stereocenters. The molecular weight excluding hydrogens is 204 g/mol. The van der Waals surface area contributed by atoms with Crippen LogP contribution in [0.1, 0.15) is 26.2 Å². The summed E-state index contributed by atoms with van der Waals surface area (Å²) < 4.78 is 5.18. The van der Waals surface area contributed by atoms with Gasteiger partial charge in [0.25, 0.3) is 0 Å². The number of esters is 1. The number of hydrogen-bond acceptors (Lipinski definition) is 4. The van der Waals surface area contributed by atoms with Gasteiger partial charge in [-0.1, -0.05) is 0 Å². The number of nitrogens with zero attached hydrogens (tertiary/aromatic N) is 1. The Morgan fingerprint density at radius 3 is 3.12 bits per heavy atom. The largest absolute Gasteiger partial charge is 0.462 e. The van der Waals surface area contributed by atoms with Crippen LogP contribution in [-0.4, -0.2) is 36.6 Å². The minimum atomic E-state index is -0.313. The molecule has 4 heteroatoms. The fourth-order valence-electron chi connectivity index (χ4n) is 2.74. The van der Waals surface area contributed by atoms with Gasteiger partial charge < -0.3 is 10.5 Å². The Balaban J connectivity index is 1.72.